The molecule has 0 aliphatic heterocycles. The summed E-state index contributed by atoms with van der Waals surface area (Å²) in [7, 11) is -0.375. The molecule has 2 aromatic heterocycles. The molecule has 3 aromatic rings. The molecule has 0 saturated heterocycles. The van der Waals surface area contributed by atoms with Crippen LogP contribution in [0.5, 0.6) is 0 Å². The highest BCUT2D eigenvalue weighted by Gasteiger charge is 2.32. The van der Waals surface area contributed by atoms with E-state index in [2.05, 4.69) is 20.0 Å². The van der Waals surface area contributed by atoms with Crippen molar-refractivity contribution in [1.82, 2.24) is 19.9 Å². The molecule has 0 radical (unpaired) electrons. The third-order valence-electron chi connectivity index (χ3n) is 6.86. The SMILES string of the molecule is CCc1cc(-c2ccc(NS(=O)(=O)CCC(F)(F)F)cn2)cc2cnc(N[C@@H]3CC[C@@H](N(C)C)C(F)C3)nc12. The first-order valence-electron chi connectivity index (χ1n) is 12.7. The smallest absolute Gasteiger partial charge is 0.351 e. The predicted molar refractivity (Wildman–Crippen MR) is 144 cm³/mol. The molecule has 0 bridgehead atoms. The Labute approximate surface area is 225 Å². The van der Waals surface area contributed by atoms with E-state index in [4.69, 9.17) is 4.98 Å². The van der Waals surface area contributed by atoms with E-state index >= 15 is 0 Å². The van der Waals surface area contributed by atoms with Crippen molar-refractivity contribution in [2.75, 3.05) is 29.9 Å². The largest absolute Gasteiger partial charge is 0.390 e. The molecule has 0 amide bonds. The zero-order chi connectivity index (χ0) is 28.4. The van der Waals surface area contributed by atoms with Gasteiger partial charge in [-0.2, -0.15) is 13.2 Å². The van der Waals surface area contributed by atoms with Crippen molar-refractivity contribution < 1.29 is 26.0 Å². The molecule has 39 heavy (non-hydrogen) atoms. The summed E-state index contributed by atoms with van der Waals surface area (Å²) in [4.78, 5) is 15.4. The minimum atomic E-state index is -4.56. The van der Waals surface area contributed by atoms with Gasteiger partial charge in [-0.1, -0.05) is 6.92 Å². The zero-order valence-corrected chi connectivity index (χ0v) is 22.8. The van der Waals surface area contributed by atoms with Crippen molar-refractivity contribution in [2.45, 2.75) is 63.5 Å². The van der Waals surface area contributed by atoms with E-state index in [1.807, 2.05) is 38.1 Å². The van der Waals surface area contributed by atoms with Crippen molar-refractivity contribution >= 4 is 32.6 Å². The minimum absolute atomic E-state index is 0.0494. The molecule has 1 unspecified atom stereocenters. The van der Waals surface area contributed by atoms with Crippen LogP contribution in [0.1, 0.15) is 38.2 Å². The van der Waals surface area contributed by atoms with Gasteiger partial charge < -0.3 is 10.2 Å². The summed E-state index contributed by atoms with van der Waals surface area (Å²) in [5, 5.41) is 4.08. The van der Waals surface area contributed by atoms with Gasteiger partial charge in [0.15, 0.2) is 0 Å². The van der Waals surface area contributed by atoms with Gasteiger partial charge in [0.25, 0.3) is 0 Å². The fourth-order valence-electron chi connectivity index (χ4n) is 4.81. The second-order valence-corrected chi connectivity index (χ2v) is 11.9. The normalized spacial score (nSPS) is 20.4. The Balaban J connectivity index is 1.49. The lowest BCUT2D eigenvalue weighted by Gasteiger charge is -2.35. The molecule has 1 aliphatic rings. The number of hydrogen-bond acceptors (Lipinski definition) is 7. The molecule has 0 spiro atoms. The summed E-state index contributed by atoms with van der Waals surface area (Å²) >= 11 is 0. The van der Waals surface area contributed by atoms with Crippen molar-refractivity contribution in [3.63, 3.8) is 0 Å². The number of rotatable bonds is 9. The van der Waals surface area contributed by atoms with Gasteiger partial charge in [0, 0.05) is 35.7 Å². The lowest BCUT2D eigenvalue weighted by Crippen LogP contribution is -2.44. The van der Waals surface area contributed by atoms with Gasteiger partial charge in [-0.25, -0.2) is 22.8 Å². The van der Waals surface area contributed by atoms with Gasteiger partial charge in [-0.15, -0.1) is 0 Å². The number of halogens is 4. The maximum Gasteiger partial charge on any atom is 0.390 e. The number of pyridine rings is 1. The molecule has 3 atom stereocenters. The van der Waals surface area contributed by atoms with Crippen LogP contribution in [0.15, 0.2) is 36.7 Å². The molecule has 212 valence electrons. The Hall–Kier alpha value is -3.06. The number of aromatic nitrogens is 3. The number of fused-ring (bicyclic) bond motifs is 1. The maximum atomic E-state index is 14.6. The summed E-state index contributed by atoms with van der Waals surface area (Å²) in [6.07, 6.45) is -1.30. The van der Waals surface area contributed by atoms with Crippen molar-refractivity contribution in [1.29, 1.82) is 0 Å². The van der Waals surface area contributed by atoms with Crippen LogP contribution >= 0.6 is 0 Å². The Kier molecular flexibility index (Phi) is 8.60. The molecule has 13 heteroatoms. The number of benzene rings is 1. The molecule has 1 fully saturated rings. The summed E-state index contributed by atoms with van der Waals surface area (Å²) < 4.78 is 77.8. The van der Waals surface area contributed by atoms with E-state index in [0.717, 1.165) is 34.9 Å². The topological polar surface area (TPSA) is 100 Å². The number of alkyl halides is 4. The molecule has 8 nitrogen and oxygen atoms in total. The van der Waals surface area contributed by atoms with Crippen molar-refractivity contribution in [2.24, 2.45) is 0 Å². The van der Waals surface area contributed by atoms with Crippen LogP contribution in [0.25, 0.3) is 22.2 Å². The van der Waals surface area contributed by atoms with E-state index < -0.39 is 34.5 Å². The number of nitrogens with one attached hydrogen (secondary N) is 2. The van der Waals surface area contributed by atoms with E-state index in [9.17, 15) is 26.0 Å². The molecular formula is C26H32F4N6O2S. The van der Waals surface area contributed by atoms with Crippen LogP contribution in [0.4, 0.5) is 29.2 Å². The summed E-state index contributed by atoms with van der Waals surface area (Å²) in [6, 6.07) is 6.73. The van der Waals surface area contributed by atoms with Gasteiger partial charge in [0.1, 0.15) is 6.17 Å². The lowest BCUT2D eigenvalue weighted by molar-refractivity contribution is -0.129. The number of anilines is 2. The van der Waals surface area contributed by atoms with Crippen LogP contribution in [0.3, 0.4) is 0 Å². The standard InChI is InChI=1S/C26H32F4N6O2S/c1-4-16-11-17(22-7-5-20(15-31-22)35-39(37,38)10-9-26(28,29)30)12-18-14-32-25(34-24(16)18)33-19-6-8-23(36(2)3)21(27)13-19/h5,7,11-12,14-15,19,21,23,35H,4,6,8-10,13H2,1-3H3,(H,32,33,34)/t19-,21?,23-/m1/s1. The van der Waals surface area contributed by atoms with E-state index in [0.29, 0.717) is 24.5 Å². The van der Waals surface area contributed by atoms with Gasteiger partial charge in [0.05, 0.1) is 35.3 Å². The van der Waals surface area contributed by atoms with E-state index in [1.54, 1.807) is 12.3 Å². The maximum absolute atomic E-state index is 14.6. The van der Waals surface area contributed by atoms with Crippen LogP contribution in [0.2, 0.25) is 0 Å². The lowest BCUT2D eigenvalue weighted by atomic mass is 9.89. The van der Waals surface area contributed by atoms with Crippen molar-refractivity contribution in [3.8, 4) is 11.3 Å². The first-order valence-corrected chi connectivity index (χ1v) is 14.4. The predicted octanol–water partition coefficient (Wildman–Crippen LogP) is 5.18. The first kappa shape index (κ1) is 28.9. The van der Waals surface area contributed by atoms with Gasteiger partial charge >= 0.3 is 6.18 Å². The Morgan fingerprint density at radius 2 is 1.87 bits per heavy atom. The Bertz CT molecular complexity index is 1400. The molecule has 2 heterocycles. The average Bonchev–Trinajstić information content (AvgIpc) is 2.87. The number of hydrogen-bond donors (Lipinski definition) is 2. The summed E-state index contributed by atoms with van der Waals surface area (Å²) in [5.41, 5.74) is 3.11. The highest BCUT2D eigenvalue weighted by molar-refractivity contribution is 7.92. The second-order valence-electron chi connectivity index (χ2n) is 10.0. The van der Waals surface area contributed by atoms with Crippen LogP contribution in [-0.2, 0) is 16.4 Å². The average molecular weight is 569 g/mol. The van der Waals surface area contributed by atoms with Crippen LogP contribution in [0, 0.1) is 0 Å². The van der Waals surface area contributed by atoms with Crippen molar-refractivity contribution in [3.05, 3.63) is 42.2 Å². The minimum Gasteiger partial charge on any atom is -0.351 e. The molecule has 1 aliphatic carbocycles. The third-order valence-corrected chi connectivity index (χ3v) is 8.15. The molecular weight excluding hydrogens is 536 g/mol. The van der Waals surface area contributed by atoms with Crippen LogP contribution < -0.4 is 10.0 Å². The first-order chi connectivity index (χ1) is 18.3. The quantitative estimate of drug-likeness (QED) is 0.343. The Morgan fingerprint density at radius 3 is 2.49 bits per heavy atom. The fraction of sp³-hybridized carbons (Fsp3) is 0.500. The fourth-order valence-corrected chi connectivity index (χ4v) is 5.89. The third kappa shape index (κ3) is 7.53. The highest BCUT2D eigenvalue weighted by Crippen LogP contribution is 2.30. The van der Waals surface area contributed by atoms with Gasteiger partial charge in [-0.05, 0) is 63.2 Å². The second kappa shape index (κ2) is 11.6. The number of aryl methyl sites for hydroxylation is 1. The highest BCUT2D eigenvalue weighted by atomic mass is 32.2. The molecule has 4 rings (SSSR count). The van der Waals surface area contributed by atoms with Gasteiger partial charge in [-0.3, -0.25) is 9.71 Å². The number of nitrogens with zero attached hydrogens (tertiary/aromatic N) is 4. The summed E-state index contributed by atoms with van der Waals surface area (Å²) in [5.74, 6) is -0.614. The zero-order valence-electron chi connectivity index (χ0n) is 22.0. The van der Waals surface area contributed by atoms with Crippen LogP contribution in [-0.4, -0.2) is 72.5 Å². The molecule has 1 saturated carbocycles. The molecule has 2 N–H and O–H groups in total. The van der Waals surface area contributed by atoms with E-state index in [1.165, 1.54) is 12.3 Å². The number of sulfonamides is 1. The Morgan fingerprint density at radius 1 is 1.10 bits per heavy atom. The molecule has 1 aromatic carbocycles. The summed E-state index contributed by atoms with van der Waals surface area (Å²) in [6.45, 7) is 2.00. The van der Waals surface area contributed by atoms with Gasteiger partial charge in [0.2, 0.25) is 16.0 Å². The monoisotopic (exact) mass is 568 g/mol. The van der Waals surface area contributed by atoms with E-state index in [-0.39, 0.29) is 17.8 Å².